The zero-order valence-corrected chi connectivity index (χ0v) is 9.20. The van der Waals surface area contributed by atoms with E-state index in [1.807, 2.05) is 0 Å². The molecule has 4 saturated carbocycles. The predicted molar refractivity (Wildman–Crippen MR) is 40.9 cm³/mol. The summed E-state index contributed by atoms with van der Waals surface area (Å²) < 4.78 is 0.800. The van der Waals surface area contributed by atoms with Crippen LogP contribution >= 0.6 is 0 Å². The first-order chi connectivity index (χ1) is 5.23. The van der Waals surface area contributed by atoms with Crippen LogP contribution in [0.4, 0.5) is 0 Å². The summed E-state index contributed by atoms with van der Waals surface area (Å²) in [4.78, 5) is 0. The van der Waals surface area contributed by atoms with E-state index in [1.54, 1.807) is 38.5 Å². The molecule has 0 aliphatic heterocycles. The van der Waals surface area contributed by atoms with E-state index in [4.69, 9.17) is 0 Å². The van der Waals surface area contributed by atoms with Crippen molar-refractivity contribution in [2.24, 2.45) is 17.8 Å². The minimum atomic E-state index is 0.800. The molecule has 4 fully saturated rings. The predicted octanol–water partition coefficient (Wildman–Crippen LogP) is 2.92. The van der Waals surface area contributed by atoms with Crippen LogP contribution in [0.5, 0.6) is 0 Å². The van der Waals surface area contributed by atoms with Crippen molar-refractivity contribution in [2.75, 3.05) is 0 Å². The molecule has 0 radical (unpaired) electrons. The van der Waals surface area contributed by atoms with E-state index in [1.165, 1.54) is 0 Å². The maximum absolute atomic E-state index is 2.54. The Kier molecular flexibility index (Phi) is 1.36. The van der Waals surface area contributed by atoms with Crippen molar-refractivity contribution in [3.05, 3.63) is 0 Å². The Morgan fingerprint density at radius 1 is 0.818 bits per heavy atom. The zero-order chi connectivity index (χ0) is 7.47. The van der Waals surface area contributed by atoms with Crippen molar-refractivity contribution in [3.8, 4) is 0 Å². The quantitative estimate of drug-likeness (QED) is 0.642. The molecule has 4 rings (SSSR count). The summed E-state index contributed by atoms with van der Waals surface area (Å²) >= 11 is 2.54. The Morgan fingerprint density at radius 3 is 1.45 bits per heavy atom. The average Bonchev–Trinajstić information content (AvgIpc) is 1.79. The summed E-state index contributed by atoms with van der Waals surface area (Å²) in [7, 11) is 0. The van der Waals surface area contributed by atoms with Gasteiger partial charge >= 0.3 is 79.1 Å². The van der Waals surface area contributed by atoms with E-state index in [-0.39, 0.29) is 0 Å². The van der Waals surface area contributed by atoms with Gasteiger partial charge < -0.3 is 0 Å². The molecule has 4 aliphatic carbocycles. The Balaban J connectivity index is 1.94. The number of hydrogen-bond acceptors (Lipinski definition) is 0. The topological polar surface area (TPSA) is 0 Å². The third-order valence-electron chi connectivity index (χ3n) is 3.94. The van der Waals surface area contributed by atoms with Gasteiger partial charge in [0, 0.05) is 0 Å². The summed E-state index contributed by atoms with van der Waals surface area (Å²) in [5.74, 6) is 3.43. The van der Waals surface area contributed by atoms with Crippen molar-refractivity contribution in [1.82, 2.24) is 0 Å². The summed E-state index contributed by atoms with van der Waals surface area (Å²) in [6.45, 7) is 0. The van der Waals surface area contributed by atoms with Crippen LogP contribution in [-0.4, -0.2) is 0 Å². The molecular formula is C10H15Ir. The Bertz CT molecular complexity index is 150. The molecule has 64 valence electrons. The van der Waals surface area contributed by atoms with E-state index < -0.39 is 0 Å². The van der Waals surface area contributed by atoms with Crippen LogP contribution in [0.1, 0.15) is 38.5 Å². The van der Waals surface area contributed by atoms with Gasteiger partial charge in [-0.25, -0.2) is 0 Å². The molecule has 4 bridgehead atoms. The normalized spacial score (nSPS) is 60.4. The van der Waals surface area contributed by atoms with Crippen molar-refractivity contribution in [2.45, 2.75) is 42.5 Å². The molecular weight excluding hydrogens is 312 g/mol. The Labute approximate surface area is 79.3 Å². The zero-order valence-electron chi connectivity index (χ0n) is 6.81. The molecule has 0 N–H and O–H groups in total. The van der Waals surface area contributed by atoms with Gasteiger partial charge in [-0.1, -0.05) is 0 Å². The molecule has 0 aromatic carbocycles. The van der Waals surface area contributed by atoms with E-state index in [2.05, 4.69) is 18.9 Å². The Morgan fingerprint density at radius 2 is 1.18 bits per heavy atom. The molecule has 1 heteroatoms. The van der Waals surface area contributed by atoms with Crippen molar-refractivity contribution >= 4 is 0 Å². The van der Waals surface area contributed by atoms with E-state index in [0.717, 1.165) is 21.7 Å². The third-order valence-corrected chi connectivity index (χ3v) is 5.40. The van der Waals surface area contributed by atoms with E-state index >= 15 is 0 Å². The van der Waals surface area contributed by atoms with E-state index in [9.17, 15) is 0 Å². The molecule has 0 aromatic heterocycles. The van der Waals surface area contributed by atoms with Crippen molar-refractivity contribution in [1.29, 1.82) is 0 Å². The van der Waals surface area contributed by atoms with Crippen LogP contribution in [0, 0.1) is 17.8 Å². The van der Waals surface area contributed by atoms with Gasteiger partial charge in [-0.15, -0.1) is 0 Å². The van der Waals surface area contributed by atoms with Gasteiger partial charge in [0.2, 0.25) is 0 Å². The molecule has 4 aliphatic rings. The summed E-state index contributed by atoms with van der Waals surface area (Å²) in [6.07, 6.45) is 9.48. The summed E-state index contributed by atoms with van der Waals surface area (Å²) in [5.41, 5.74) is 0. The molecule has 0 nitrogen and oxygen atoms in total. The van der Waals surface area contributed by atoms with Gasteiger partial charge in [-0.05, 0) is 0 Å². The van der Waals surface area contributed by atoms with Crippen LogP contribution in [0.25, 0.3) is 0 Å². The van der Waals surface area contributed by atoms with Gasteiger partial charge in [0.1, 0.15) is 0 Å². The standard InChI is InChI=1S/C10H15.Ir/c1-7-2-9-4-8(1)5-10(3-7)6-9;/h7-9H,1-6H2;. The van der Waals surface area contributed by atoms with Gasteiger partial charge in [-0.3, -0.25) is 0 Å². The third kappa shape index (κ3) is 1.04. The molecule has 0 unspecified atom stereocenters. The fourth-order valence-corrected chi connectivity index (χ4v) is 6.04. The SMILES string of the molecule is [Ir][C]12CC3CC(CC(C3)C1)C2. The molecule has 0 amide bonds. The number of rotatable bonds is 0. The average molecular weight is 327 g/mol. The molecule has 11 heavy (non-hydrogen) atoms. The second-order valence-corrected chi connectivity index (χ2v) is 7.56. The van der Waals surface area contributed by atoms with Crippen molar-refractivity contribution < 1.29 is 18.9 Å². The molecule has 0 atom stereocenters. The van der Waals surface area contributed by atoms with Crippen LogP contribution in [0.3, 0.4) is 0 Å². The van der Waals surface area contributed by atoms with Crippen LogP contribution < -0.4 is 0 Å². The van der Waals surface area contributed by atoms with Gasteiger partial charge in [-0.2, -0.15) is 0 Å². The fraction of sp³-hybridized carbons (Fsp3) is 1.00. The second-order valence-electron chi connectivity index (χ2n) is 5.02. The molecule has 0 spiro atoms. The summed E-state index contributed by atoms with van der Waals surface area (Å²) in [6, 6.07) is 0. The monoisotopic (exact) mass is 328 g/mol. The van der Waals surface area contributed by atoms with E-state index in [0.29, 0.717) is 0 Å². The first-order valence-corrected chi connectivity index (χ1v) is 6.10. The second kappa shape index (κ2) is 2.12. The van der Waals surface area contributed by atoms with Gasteiger partial charge in [0.05, 0.1) is 0 Å². The van der Waals surface area contributed by atoms with Crippen molar-refractivity contribution in [3.63, 3.8) is 0 Å². The van der Waals surface area contributed by atoms with Crippen LogP contribution in [-0.2, 0) is 18.9 Å². The maximum atomic E-state index is 2.54. The van der Waals surface area contributed by atoms with Crippen LogP contribution in [0.15, 0.2) is 0 Å². The Hall–Kier alpha value is 0.649. The van der Waals surface area contributed by atoms with Crippen LogP contribution in [0.2, 0.25) is 3.93 Å². The molecule has 0 heterocycles. The molecule has 0 saturated heterocycles. The van der Waals surface area contributed by atoms with Gasteiger partial charge in [0.15, 0.2) is 0 Å². The fourth-order valence-electron chi connectivity index (χ4n) is 3.97. The molecule has 0 aromatic rings. The minimum absolute atomic E-state index is 0.800. The van der Waals surface area contributed by atoms with Gasteiger partial charge in [0.25, 0.3) is 0 Å². The summed E-state index contributed by atoms with van der Waals surface area (Å²) in [5, 5.41) is 0. The first-order valence-electron chi connectivity index (χ1n) is 4.90. The number of hydrogen-bond donors (Lipinski definition) is 0. The first kappa shape index (κ1) is 7.09.